The minimum Gasteiger partial charge on any atom is -0.465 e. The van der Waals surface area contributed by atoms with Crippen LogP contribution in [0.25, 0.3) is 0 Å². The van der Waals surface area contributed by atoms with Gasteiger partial charge in [0.25, 0.3) is 0 Å². The number of hydrogen-bond donors (Lipinski definition) is 3. The summed E-state index contributed by atoms with van der Waals surface area (Å²) in [4.78, 5) is 24.0. The first-order valence-corrected chi connectivity index (χ1v) is 10.3. The molecule has 28 heavy (non-hydrogen) atoms. The van der Waals surface area contributed by atoms with E-state index in [2.05, 4.69) is 22.9 Å². The van der Waals surface area contributed by atoms with Crippen molar-refractivity contribution in [3.05, 3.63) is 29.8 Å². The highest BCUT2D eigenvalue weighted by molar-refractivity contribution is 7.80. The van der Waals surface area contributed by atoms with Crippen LogP contribution in [-0.4, -0.2) is 34.1 Å². The molecule has 3 N–H and O–H groups in total. The highest BCUT2D eigenvalue weighted by atomic mass is 35.6. The topological polar surface area (TPSA) is 79.5 Å². The van der Waals surface area contributed by atoms with Gasteiger partial charge in [0.2, 0.25) is 9.70 Å². The normalized spacial score (nSPS) is 12.0. The molecule has 0 aliphatic carbocycles. The SMILES string of the molecule is CCCCCCC(=O)N[C@H](NC(=S)Nc1ccccc1C(=O)OC)C(Cl)(Cl)Cl. The van der Waals surface area contributed by atoms with Gasteiger partial charge in [0.15, 0.2) is 5.11 Å². The van der Waals surface area contributed by atoms with E-state index in [9.17, 15) is 9.59 Å². The Bertz CT molecular complexity index is 684. The Morgan fingerprint density at radius 2 is 1.82 bits per heavy atom. The number of nitrogens with one attached hydrogen (secondary N) is 3. The number of benzene rings is 1. The number of esters is 1. The zero-order valence-corrected chi connectivity index (χ0v) is 18.8. The van der Waals surface area contributed by atoms with Gasteiger partial charge in [-0.1, -0.05) is 73.1 Å². The van der Waals surface area contributed by atoms with Crippen molar-refractivity contribution >= 4 is 69.7 Å². The van der Waals surface area contributed by atoms with Crippen molar-refractivity contribution in [1.82, 2.24) is 10.6 Å². The number of thiocarbonyl (C=S) groups is 1. The average Bonchev–Trinajstić information content (AvgIpc) is 2.63. The van der Waals surface area contributed by atoms with Crippen molar-refractivity contribution in [3.8, 4) is 0 Å². The quantitative estimate of drug-likeness (QED) is 0.162. The van der Waals surface area contributed by atoms with Gasteiger partial charge >= 0.3 is 5.97 Å². The number of carbonyl (C=O) groups is 2. The number of amides is 1. The number of methoxy groups -OCH3 is 1. The maximum absolute atomic E-state index is 12.1. The van der Waals surface area contributed by atoms with Crippen LogP contribution in [0.4, 0.5) is 5.69 Å². The summed E-state index contributed by atoms with van der Waals surface area (Å²) in [6, 6.07) is 6.65. The lowest BCUT2D eigenvalue weighted by atomic mass is 10.1. The molecule has 1 aromatic rings. The monoisotopic (exact) mass is 467 g/mol. The Labute approximate surface area is 185 Å². The van der Waals surface area contributed by atoms with Gasteiger partial charge in [-0.05, 0) is 30.8 Å². The molecule has 0 fully saturated rings. The summed E-state index contributed by atoms with van der Waals surface area (Å²) in [5.74, 6) is -0.776. The van der Waals surface area contributed by atoms with E-state index in [1.54, 1.807) is 24.3 Å². The number of ether oxygens (including phenoxy) is 1. The van der Waals surface area contributed by atoms with E-state index in [0.717, 1.165) is 25.7 Å². The van der Waals surface area contributed by atoms with Crippen LogP contribution >= 0.6 is 47.0 Å². The number of alkyl halides is 3. The highest BCUT2D eigenvalue weighted by Crippen LogP contribution is 2.29. The lowest BCUT2D eigenvalue weighted by Crippen LogP contribution is -2.56. The predicted molar refractivity (Wildman–Crippen MR) is 118 cm³/mol. The van der Waals surface area contributed by atoms with E-state index in [-0.39, 0.29) is 11.0 Å². The van der Waals surface area contributed by atoms with Crippen LogP contribution in [0, 0.1) is 0 Å². The van der Waals surface area contributed by atoms with Gasteiger partial charge in [-0.25, -0.2) is 4.79 Å². The van der Waals surface area contributed by atoms with Crippen LogP contribution in [0.1, 0.15) is 49.4 Å². The van der Waals surface area contributed by atoms with Gasteiger partial charge < -0.3 is 20.7 Å². The van der Waals surface area contributed by atoms with Gasteiger partial charge in [-0.15, -0.1) is 0 Å². The molecule has 0 aliphatic heterocycles. The molecular weight excluding hydrogens is 445 g/mol. The van der Waals surface area contributed by atoms with E-state index in [1.165, 1.54) is 7.11 Å². The maximum Gasteiger partial charge on any atom is 0.339 e. The van der Waals surface area contributed by atoms with E-state index < -0.39 is 15.9 Å². The summed E-state index contributed by atoms with van der Waals surface area (Å²) < 4.78 is 2.90. The maximum atomic E-state index is 12.1. The largest absolute Gasteiger partial charge is 0.465 e. The molecule has 6 nitrogen and oxygen atoms in total. The molecule has 0 unspecified atom stereocenters. The molecule has 1 atom stereocenters. The Balaban J connectivity index is 2.73. The first kappa shape index (κ1) is 24.8. The Kier molecular flexibility index (Phi) is 10.9. The molecule has 1 amide bonds. The zero-order chi connectivity index (χ0) is 21.2. The highest BCUT2D eigenvalue weighted by Gasteiger charge is 2.34. The summed E-state index contributed by atoms with van der Waals surface area (Å²) in [6.07, 6.45) is 3.12. The van der Waals surface area contributed by atoms with Crippen molar-refractivity contribution in [2.45, 2.75) is 49.0 Å². The average molecular weight is 469 g/mol. The summed E-state index contributed by atoms with van der Waals surface area (Å²) in [5.41, 5.74) is 0.709. The molecule has 156 valence electrons. The minimum atomic E-state index is -1.84. The fraction of sp³-hybridized carbons (Fsp3) is 0.500. The van der Waals surface area contributed by atoms with Gasteiger partial charge in [-0.2, -0.15) is 0 Å². The molecule has 0 aliphatic rings. The fourth-order valence-corrected chi connectivity index (χ4v) is 2.87. The summed E-state index contributed by atoms with van der Waals surface area (Å²) in [5, 5.41) is 8.32. The van der Waals surface area contributed by atoms with E-state index in [1.807, 2.05) is 0 Å². The number of unbranched alkanes of at least 4 members (excludes halogenated alkanes) is 3. The molecule has 10 heteroatoms. The van der Waals surface area contributed by atoms with Crippen molar-refractivity contribution in [3.63, 3.8) is 0 Å². The second-order valence-electron chi connectivity index (χ2n) is 5.99. The molecule has 0 bridgehead atoms. The number of halogens is 3. The molecule has 0 saturated heterocycles. The van der Waals surface area contributed by atoms with Crippen LogP contribution in [0.5, 0.6) is 0 Å². The molecule has 0 radical (unpaired) electrons. The van der Waals surface area contributed by atoms with E-state index in [0.29, 0.717) is 17.7 Å². The standard InChI is InChI=1S/C18H24Cl3N3O3S/c1-3-4-5-6-11-14(25)23-16(18(19,20)21)24-17(28)22-13-10-8-7-9-12(13)15(26)27-2/h7-10,16H,3-6,11H2,1-2H3,(H,23,25)(H2,22,24,28)/t16-/m1/s1. The lowest BCUT2D eigenvalue weighted by molar-refractivity contribution is -0.122. The smallest absolute Gasteiger partial charge is 0.339 e. The number of rotatable bonds is 9. The fourth-order valence-electron chi connectivity index (χ4n) is 2.31. The third kappa shape index (κ3) is 8.82. The minimum absolute atomic E-state index is 0.0685. The third-order valence-electron chi connectivity index (χ3n) is 3.75. The van der Waals surface area contributed by atoms with Crippen LogP contribution < -0.4 is 16.0 Å². The van der Waals surface area contributed by atoms with Crippen molar-refractivity contribution in [2.75, 3.05) is 12.4 Å². The Morgan fingerprint density at radius 1 is 1.14 bits per heavy atom. The Morgan fingerprint density at radius 3 is 2.43 bits per heavy atom. The third-order valence-corrected chi connectivity index (χ3v) is 4.62. The zero-order valence-electron chi connectivity index (χ0n) is 15.7. The number of carbonyl (C=O) groups excluding carboxylic acids is 2. The summed E-state index contributed by atoms with van der Waals surface area (Å²) >= 11 is 23.1. The molecule has 1 aromatic carbocycles. The van der Waals surface area contributed by atoms with E-state index in [4.69, 9.17) is 51.8 Å². The van der Waals surface area contributed by atoms with Gasteiger partial charge in [0.1, 0.15) is 6.17 Å². The van der Waals surface area contributed by atoms with Crippen LogP contribution in [0.2, 0.25) is 0 Å². The predicted octanol–water partition coefficient (Wildman–Crippen LogP) is 4.54. The van der Waals surface area contributed by atoms with Crippen molar-refractivity contribution in [1.29, 1.82) is 0 Å². The molecule has 0 spiro atoms. The molecular formula is C18H24Cl3N3O3S. The van der Waals surface area contributed by atoms with Crippen LogP contribution in [0.3, 0.4) is 0 Å². The summed E-state index contributed by atoms with van der Waals surface area (Å²) in [6.45, 7) is 2.09. The molecule has 0 aromatic heterocycles. The van der Waals surface area contributed by atoms with Crippen molar-refractivity contribution in [2.24, 2.45) is 0 Å². The van der Waals surface area contributed by atoms with Crippen molar-refractivity contribution < 1.29 is 14.3 Å². The van der Waals surface area contributed by atoms with Crippen LogP contribution in [-0.2, 0) is 9.53 Å². The van der Waals surface area contributed by atoms with Gasteiger partial charge in [0, 0.05) is 6.42 Å². The van der Waals surface area contributed by atoms with Gasteiger partial charge in [-0.3, -0.25) is 4.79 Å². The van der Waals surface area contributed by atoms with E-state index >= 15 is 0 Å². The van der Waals surface area contributed by atoms with Crippen LogP contribution in [0.15, 0.2) is 24.3 Å². The summed E-state index contributed by atoms with van der Waals surface area (Å²) in [7, 11) is 1.28. The number of hydrogen-bond acceptors (Lipinski definition) is 4. The second kappa shape index (κ2) is 12.3. The first-order chi connectivity index (χ1) is 13.2. The second-order valence-corrected chi connectivity index (χ2v) is 8.77. The Hall–Kier alpha value is -1.28. The molecule has 0 heterocycles. The number of anilines is 1. The molecule has 0 saturated carbocycles. The number of para-hydroxylation sites is 1. The van der Waals surface area contributed by atoms with Gasteiger partial charge in [0.05, 0.1) is 18.4 Å². The molecule has 1 rings (SSSR count). The first-order valence-electron chi connectivity index (χ1n) is 8.80. The lowest BCUT2D eigenvalue weighted by Gasteiger charge is -2.28.